The summed E-state index contributed by atoms with van der Waals surface area (Å²) in [6.45, 7) is 4.01. The smallest absolute Gasteiger partial charge is 0.331 e. The summed E-state index contributed by atoms with van der Waals surface area (Å²) in [5.41, 5.74) is 0. The summed E-state index contributed by atoms with van der Waals surface area (Å²) in [6.07, 6.45) is 5.26. The highest BCUT2D eigenvalue weighted by Gasteiger charge is 2.31. The van der Waals surface area contributed by atoms with Crippen LogP contribution in [0.4, 0.5) is 0 Å². The molecule has 21 heavy (non-hydrogen) atoms. The van der Waals surface area contributed by atoms with E-state index in [1.54, 1.807) is 6.08 Å². The summed E-state index contributed by atoms with van der Waals surface area (Å²) in [6, 6.07) is 0. The fourth-order valence-electron chi connectivity index (χ4n) is 1.58. The Morgan fingerprint density at radius 3 is 2.67 bits per heavy atom. The zero-order valence-electron chi connectivity index (χ0n) is 12.3. The Kier molecular flexibility index (Phi) is 6.54. The zero-order chi connectivity index (χ0) is 15.9. The molecule has 0 aromatic heterocycles. The van der Waals surface area contributed by atoms with E-state index < -0.39 is 11.9 Å². The lowest BCUT2D eigenvalue weighted by atomic mass is 10.3. The van der Waals surface area contributed by atoms with E-state index in [1.807, 2.05) is 13.8 Å². The molecule has 118 valence electrons. The molecule has 1 saturated heterocycles. The highest BCUT2D eigenvalue weighted by molar-refractivity contribution is 5.84. The number of methoxy groups -OCH3 is 1. The van der Waals surface area contributed by atoms with E-state index in [-0.39, 0.29) is 24.6 Å². The quantitative estimate of drug-likeness (QED) is 0.593. The maximum Gasteiger partial charge on any atom is 0.331 e. The van der Waals surface area contributed by atoms with Crippen LogP contribution in [0.1, 0.15) is 13.8 Å². The summed E-state index contributed by atoms with van der Waals surface area (Å²) in [4.78, 5) is 20.9. The van der Waals surface area contributed by atoms with Crippen molar-refractivity contribution in [1.82, 2.24) is 0 Å². The first-order valence-electron chi connectivity index (χ1n) is 6.44. The van der Waals surface area contributed by atoms with Gasteiger partial charge in [-0.3, -0.25) is 0 Å². The van der Waals surface area contributed by atoms with Crippen LogP contribution in [0.25, 0.3) is 0 Å². The molecule has 2 rings (SSSR count). The third kappa shape index (κ3) is 6.52. The van der Waals surface area contributed by atoms with E-state index in [0.717, 1.165) is 0 Å². The number of aliphatic hydroxyl groups is 1. The van der Waals surface area contributed by atoms with Crippen LogP contribution in [0.3, 0.4) is 0 Å². The molecule has 0 amide bonds. The second-order valence-corrected chi connectivity index (χ2v) is 4.77. The summed E-state index contributed by atoms with van der Waals surface area (Å²) in [5, 5.41) is 8.36. The Morgan fingerprint density at radius 2 is 2.29 bits per heavy atom. The van der Waals surface area contributed by atoms with Crippen molar-refractivity contribution in [3.63, 3.8) is 0 Å². The van der Waals surface area contributed by atoms with Crippen LogP contribution in [-0.2, 0) is 28.5 Å². The zero-order valence-corrected chi connectivity index (χ0v) is 12.3. The van der Waals surface area contributed by atoms with Gasteiger partial charge in [-0.15, -0.1) is 0 Å². The van der Waals surface area contributed by atoms with Crippen LogP contribution in [-0.4, -0.2) is 55.4 Å². The minimum absolute atomic E-state index is 0.123. The molecule has 1 fully saturated rings. The normalized spacial score (nSPS) is 26.4. The van der Waals surface area contributed by atoms with Crippen LogP contribution >= 0.6 is 0 Å². The van der Waals surface area contributed by atoms with Crippen LogP contribution in [0.15, 0.2) is 24.3 Å². The number of aliphatic hydroxyl groups excluding tert-OH is 1. The number of hydrogen-bond donors (Lipinski definition) is 1. The van der Waals surface area contributed by atoms with E-state index in [4.69, 9.17) is 14.6 Å². The molecule has 2 heterocycles. The third-order valence-corrected chi connectivity index (χ3v) is 2.57. The van der Waals surface area contributed by atoms with Gasteiger partial charge in [0.2, 0.25) is 0 Å². The number of esters is 2. The molecule has 7 nitrogen and oxygen atoms in total. The number of hydrogen-bond acceptors (Lipinski definition) is 7. The van der Waals surface area contributed by atoms with Gasteiger partial charge in [-0.2, -0.15) is 0 Å². The Labute approximate surface area is 123 Å². The molecule has 1 N–H and O–H groups in total. The highest BCUT2D eigenvalue weighted by Crippen LogP contribution is 2.22. The van der Waals surface area contributed by atoms with Crippen LogP contribution in [0.2, 0.25) is 0 Å². The molecule has 2 unspecified atom stereocenters. The standard InChI is InChI=1S/C9H14O4.C5H6O3/c1-9(2)12-6-7(13-9)4-5-8(10)11-3;6-3-4-1-2-5(7)8-4/h4-5,7H,6H2,1-3H3;1-2,4,6H,3H2/b5-4-;. The van der Waals surface area contributed by atoms with E-state index >= 15 is 0 Å². The lowest BCUT2D eigenvalue weighted by Gasteiger charge is -2.15. The van der Waals surface area contributed by atoms with Gasteiger partial charge in [-0.25, -0.2) is 9.59 Å². The fourth-order valence-corrected chi connectivity index (χ4v) is 1.58. The van der Waals surface area contributed by atoms with Crippen molar-refractivity contribution in [2.45, 2.75) is 31.8 Å². The van der Waals surface area contributed by atoms with Crippen LogP contribution < -0.4 is 0 Å². The second-order valence-electron chi connectivity index (χ2n) is 4.77. The minimum atomic E-state index is -0.550. The van der Waals surface area contributed by atoms with Gasteiger partial charge >= 0.3 is 11.9 Å². The van der Waals surface area contributed by atoms with Crippen molar-refractivity contribution < 1.29 is 33.6 Å². The van der Waals surface area contributed by atoms with Gasteiger partial charge < -0.3 is 24.1 Å². The van der Waals surface area contributed by atoms with Crippen molar-refractivity contribution in [2.24, 2.45) is 0 Å². The van der Waals surface area contributed by atoms with Crippen molar-refractivity contribution in [3.8, 4) is 0 Å². The molecular weight excluding hydrogens is 280 g/mol. The average molecular weight is 300 g/mol. The molecule has 0 aromatic carbocycles. The molecule has 0 radical (unpaired) electrons. The molecule has 0 aromatic rings. The van der Waals surface area contributed by atoms with E-state index in [1.165, 1.54) is 25.3 Å². The molecule has 2 aliphatic rings. The molecule has 0 spiro atoms. The van der Waals surface area contributed by atoms with E-state index in [9.17, 15) is 9.59 Å². The number of carbonyl (C=O) groups is 2. The van der Waals surface area contributed by atoms with Gasteiger partial charge in [-0.05, 0) is 26.0 Å². The molecule has 2 aliphatic heterocycles. The first-order chi connectivity index (χ1) is 9.86. The molecule has 0 saturated carbocycles. The van der Waals surface area contributed by atoms with Crippen molar-refractivity contribution in [3.05, 3.63) is 24.3 Å². The van der Waals surface area contributed by atoms with E-state index in [2.05, 4.69) is 9.47 Å². The molecule has 2 atom stereocenters. The van der Waals surface area contributed by atoms with Crippen molar-refractivity contribution >= 4 is 11.9 Å². The molecule has 7 heteroatoms. The Balaban J connectivity index is 0.000000235. The maximum atomic E-state index is 10.7. The third-order valence-electron chi connectivity index (χ3n) is 2.57. The number of carbonyl (C=O) groups excluding carboxylic acids is 2. The summed E-state index contributed by atoms with van der Waals surface area (Å²) in [7, 11) is 1.34. The van der Waals surface area contributed by atoms with Crippen LogP contribution in [0.5, 0.6) is 0 Å². The van der Waals surface area contributed by atoms with Gasteiger partial charge in [0, 0.05) is 12.2 Å². The van der Waals surface area contributed by atoms with Gasteiger partial charge in [-0.1, -0.05) is 0 Å². The summed E-state index contributed by atoms with van der Waals surface area (Å²) >= 11 is 0. The lowest BCUT2D eigenvalue weighted by molar-refractivity contribution is -0.140. The first-order valence-corrected chi connectivity index (χ1v) is 6.44. The monoisotopic (exact) mass is 300 g/mol. The highest BCUT2D eigenvalue weighted by atomic mass is 16.7. The lowest BCUT2D eigenvalue weighted by Crippen LogP contribution is -2.20. The van der Waals surface area contributed by atoms with Gasteiger partial charge in [0.15, 0.2) is 5.79 Å². The molecule has 0 bridgehead atoms. The predicted octanol–water partition coefficient (Wildman–Crippen LogP) is 0.327. The van der Waals surface area contributed by atoms with Gasteiger partial charge in [0.25, 0.3) is 0 Å². The average Bonchev–Trinajstić information content (AvgIpc) is 3.02. The fraction of sp³-hybridized carbons (Fsp3) is 0.571. The minimum Gasteiger partial charge on any atom is -0.466 e. The van der Waals surface area contributed by atoms with Crippen molar-refractivity contribution in [1.29, 1.82) is 0 Å². The van der Waals surface area contributed by atoms with Crippen LogP contribution in [0, 0.1) is 0 Å². The van der Waals surface area contributed by atoms with Gasteiger partial charge in [0.1, 0.15) is 12.2 Å². The van der Waals surface area contributed by atoms with Crippen molar-refractivity contribution in [2.75, 3.05) is 20.3 Å². The summed E-state index contributed by atoms with van der Waals surface area (Å²) < 4.78 is 19.7. The van der Waals surface area contributed by atoms with E-state index in [0.29, 0.717) is 6.61 Å². The maximum absolute atomic E-state index is 10.7. The largest absolute Gasteiger partial charge is 0.466 e. The molecular formula is C14H20O7. The second kappa shape index (κ2) is 7.92. The number of ether oxygens (including phenoxy) is 4. The Hall–Kier alpha value is -1.70. The Morgan fingerprint density at radius 1 is 1.57 bits per heavy atom. The first kappa shape index (κ1) is 17.4. The topological polar surface area (TPSA) is 91.3 Å². The number of cyclic esters (lactones) is 1. The SMILES string of the molecule is COC(=O)/C=C\C1COC(C)(C)O1.O=C1C=CC(CO)O1. The summed E-state index contributed by atoms with van der Waals surface area (Å²) in [5.74, 6) is -1.30. The molecule has 0 aliphatic carbocycles. The predicted molar refractivity (Wildman–Crippen MR) is 72.2 cm³/mol. The number of rotatable bonds is 3. The Bertz CT molecular complexity index is 425. The van der Waals surface area contributed by atoms with Gasteiger partial charge in [0.05, 0.1) is 20.3 Å².